The first-order valence-corrected chi connectivity index (χ1v) is 9.33. The second kappa shape index (κ2) is 9.90. The van der Waals surface area contributed by atoms with Gasteiger partial charge in [-0.2, -0.15) is 0 Å². The van der Waals surface area contributed by atoms with Gasteiger partial charge >= 0.3 is 0 Å². The van der Waals surface area contributed by atoms with E-state index in [0.717, 1.165) is 18.7 Å². The molecule has 0 bridgehead atoms. The Morgan fingerprint density at radius 2 is 2.04 bits per heavy atom. The fraction of sp³-hybridized carbons (Fsp3) is 0.476. The molecule has 1 aromatic carbocycles. The Kier molecular flexibility index (Phi) is 7.57. The van der Waals surface area contributed by atoms with Crippen molar-refractivity contribution in [2.24, 2.45) is 0 Å². The second-order valence-corrected chi connectivity index (χ2v) is 6.89. The highest BCUT2D eigenvalue weighted by atomic mass is 16.5. The number of hydrogen-bond donors (Lipinski definition) is 1. The molecular formula is C21H29N3O2. The van der Waals surface area contributed by atoms with Gasteiger partial charge in [-0.05, 0) is 30.4 Å². The molecule has 0 aliphatic rings. The number of nitrogens with one attached hydrogen (secondary N) is 1. The van der Waals surface area contributed by atoms with E-state index < -0.39 is 0 Å². The van der Waals surface area contributed by atoms with Gasteiger partial charge in [-0.1, -0.05) is 57.9 Å². The number of benzene rings is 1. The minimum absolute atomic E-state index is 0.140. The van der Waals surface area contributed by atoms with E-state index in [1.165, 1.54) is 24.0 Å². The summed E-state index contributed by atoms with van der Waals surface area (Å²) in [5.74, 6) is 1.54. The van der Waals surface area contributed by atoms with Crippen LogP contribution in [-0.4, -0.2) is 23.0 Å². The van der Waals surface area contributed by atoms with Gasteiger partial charge < -0.3 is 10.1 Å². The summed E-state index contributed by atoms with van der Waals surface area (Å²) in [6.45, 7) is 9.59. The third kappa shape index (κ3) is 5.28. The Morgan fingerprint density at radius 1 is 1.27 bits per heavy atom. The molecule has 0 aliphatic carbocycles. The predicted octanol–water partition coefficient (Wildman–Crippen LogP) is 4.83. The van der Waals surface area contributed by atoms with Crippen molar-refractivity contribution in [1.82, 2.24) is 9.97 Å². The van der Waals surface area contributed by atoms with Crippen molar-refractivity contribution in [1.29, 1.82) is 0 Å². The summed E-state index contributed by atoms with van der Waals surface area (Å²) in [5.41, 5.74) is 3.42. The highest BCUT2D eigenvalue weighted by Gasteiger charge is 2.16. The minimum Gasteiger partial charge on any atom is -0.425 e. The van der Waals surface area contributed by atoms with Crippen molar-refractivity contribution < 1.29 is 9.53 Å². The molecule has 140 valence electrons. The van der Waals surface area contributed by atoms with E-state index in [4.69, 9.17) is 4.74 Å². The number of aryl methyl sites for hydroxylation is 1. The van der Waals surface area contributed by atoms with Crippen molar-refractivity contribution in [3.63, 3.8) is 0 Å². The maximum atomic E-state index is 10.6. The quantitative estimate of drug-likeness (QED) is 0.618. The second-order valence-electron chi connectivity index (χ2n) is 6.89. The molecular weight excluding hydrogens is 326 g/mol. The van der Waals surface area contributed by atoms with Crippen LogP contribution in [0.2, 0.25) is 0 Å². The molecule has 0 aliphatic heterocycles. The number of rotatable bonds is 10. The first kappa shape index (κ1) is 19.9. The molecule has 5 heteroatoms. The van der Waals surface area contributed by atoms with Crippen LogP contribution in [0.3, 0.4) is 0 Å². The summed E-state index contributed by atoms with van der Waals surface area (Å²) in [4.78, 5) is 19.5. The molecule has 0 saturated carbocycles. The van der Waals surface area contributed by atoms with Gasteiger partial charge in [-0.15, -0.1) is 0 Å². The van der Waals surface area contributed by atoms with Crippen LogP contribution in [0.5, 0.6) is 5.75 Å². The summed E-state index contributed by atoms with van der Waals surface area (Å²) in [7, 11) is 0. The topological polar surface area (TPSA) is 64.1 Å². The number of aromatic nitrogens is 2. The van der Waals surface area contributed by atoms with Gasteiger partial charge in [0.05, 0.1) is 11.9 Å². The Balaban J connectivity index is 2.16. The third-order valence-corrected chi connectivity index (χ3v) is 4.55. The first-order valence-electron chi connectivity index (χ1n) is 9.33. The molecule has 0 saturated heterocycles. The van der Waals surface area contributed by atoms with E-state index in [2.05, 4.69) is 53.4 Å². The lowest BCUT2D eigenvalue weighted by molar-refractivity contribution is -0.120. The molecule has 0 radical (unpaired) electrons. The minimum atomic E-state index is 0.140. The average molecular weight is 355 g/mol. The average Bonchev–Trinajstić information content (AvgIpc) is 2.63. The van der Waals surface area contributed by atoms with E-state index in [-0.39, 0.29) is 5.92 Å². The van der Waals surface area contributed by atoms with Gasteiger partial charge in [-0.3, -0.25) is 4.79 Å². The number of carbonyl (C=O) groups excluding carboxylic acids is 1. The highest BCUT2D eigenvalue weighted by Crippen LogP contribution is 2.27. The zero-order valence-electron chi connectivity index (χ0n) is 16.2. The Morgan fingerprint density at radius 3 is 2.69 bits per heavy atom. The molecule has 1 heterocycles. The fourth-order valence-electron chi connectivity index (χ4n) is 3.10. The van der Waals surface area contributed by atoms with Crippen LogP contribution in [0.4, 0.5) is 5.95 Å². The van der Waals surface area contributed by atoms with Crippen LogP contribution in [-0.2, 0) is 4.79 Å². The molecule has 2 rings (SSSR count). The SMILES string of the molecule is CCCCC(CNc1ncc(OC=O)c(C(C)C)n1)c1ccccc1C. The Bertz CT molecular complexity index is 716. The lowest BCUT2D eigenvalue weighted by atomic mass is 9.90. The van der Waals surface area contributed by atoms with Crippen molar-refractivity contribution >= 4 is 12.4 Å². The smallest absolute Gasteiger partial charge is 0.298 e. The molecule has 0 fully saturated rings. The number of carbonyl (C=O) groups is 1. The van der Waals surface area contributed by atoms with E-state index in [9.17, 15) is 4.79 Å². The van der Waals surface area contributed by atoms with Gasteiger partial charge in [0.15, 0.2) is 5.75 Å². The van der Waals surface area contributed by atoms with E-state index in [1.807, 2.05) is 13.8 Å². The standard InChI is InChI=1S/C21H29N3O2/c1-5-6-10-17(18-11-8-7-9-16(18)4)12-22-21-23-13-19(26-14-25)20(24-21)15(2)3/h7-9,11,13-15,17H,5-6,10,12H2,1-4H3,(H,22,23,24). The molecule has 1 aromatic heterocycles. The van der Waals surface area contributed by atoms with Crippen LogP contribution in [0.15, 0.2) is 30.5 Å². The van der Waals surface area contributed by atoms with E-state index >= 15 is 0 Å². The van der Waals surface area contributed by atoms with Crippen molar-refractivity contribution in [2.45, 2.75) is 58.8 Å². The van der Waals surface area contributed by atoms with Crippen LogP contribution in [0, 0.1) is 6.92 Å². The molecule has 1 atom stereocenters. The number of anilines is 1. The monoisotopic (exact) mass is 355 g/mol. The molecule has 1 N–H and O–H groups in total. The lowest BCUT2D eigenvalue weighted by Crippen LogP contribution is -2.16. The van der Waals surface area contributed by atoms with E-state index in [1.54, 1.807) is 6.20 Å². The molecule has 1 unspecified atom stereocenters. The van der Waals surface area contributed by atoms with Crippen LogP contribution in [0.25, 0.3) is 0 Å². The van der Waals surface area contributed by atoms with Crippen LogP contribution in [0.1, 0.15) is 68.7 Å². The molecule has 5 nitrogen and oxygen atoms in total. The van der Waals surface area contributed by atoms with Gasteiger partial charge in [0, 0.05) is 12.5 Å². The summed E-state index contributed by atoms with van der Waals surface area (Å²) in [5, 5.41) is 3.38. The van der Waals surface area contributed by atoms with Gasteiger partial charge in [0.2, 0.25) is 5.95 Å². The summed E-state index contributed by atoms with van der Waals surface area (Å²) < 4.78 is 4.98. The number of hydrogen-bond acceptors (Lipinski definition) is 5. The maximum Gasteiger partial charge on any atom is 0.298 e. The Hall–Kier alpha value is -2.43. The van der Waals surface area contributed by atoms with Gasteiger partial charge in [0.1, 0.15) is 0 Å². The molecule has 26 heavy (non-hydrogen) atoms. The van der Waals surface area contributed by atoms with Gasteiger partial charge in [-0.25, -0.2) is 9.97 Å². The van der Waals surface area contributed by atoms with Crippen molar-refractivity contribution in [2.75, 3.05) is 11.9 Å². The Labute approximate surface area is 156 Å². The number of ether oxygens (including phenoxy) is 1. The van der Waals surface area contributed by atoms with Gasteiger partial charge in [0.25, 0.3) is 6.47 Å². The van der Waals surface area contributed by atoms with Crippen molar-refractivity contribution in [3.8, 4) is 5.75 Å². The zero-order valence-corrected chi connectivity index (χ0v) is 16.2. The molecule has 0 spiro atoms. The number of unbranched alkanes of at least 4 members (excludes halogenated alkanes) is 1. The van der Waals surface area contributed by atoms with E-state index in [0.29, 0.717) is 24.1 Å². The summed E-state index contributed by atoms with van der Waals surface area (Å²) in [6, 6.07) is 8.54. The lowest BCUT2D eigenvalue weighted by Gasteiger charge is -2.20. The molecule has 2 aromatic rings. The highest BCUT2D eigenvalue weighted by molar-refractivity contribution is 5.47. The van der Waals surface area contributed by atoms with Crippen LogP contribution < -0.4 is 10.1 Å². The van der Waals surface area contributed by atoms with Crippen LogP contribution >= 0.6 is 0 Å². The predicted molar refractivity (Wildman–Crippen MR) is 105 cm³/mol. The summed E-state index contributed by atoms with van der Waals surface area (Å²) in [6.07, 6.45) is 5.05. The van der Waals surface area contributed by atoms with Crippen molar-refractivity contribution in [3.05, 3.63) is 47.3 Å². The first-order chi connectivity index (χ1) is 12.6. The normalized spacial score (nSPS) is 12.0. The molecule has 0 amide bonds. The maximum absolute atomic E-state index is 10.6. The summed E-state index contributed by atoms with van der Waals surface area (Å²) >= 11 is 0. The fourth-order valence-corrected chi connectivity index (χ4v) is 3.10. The third-order valence-electron chi connectivity index (χ3n) is 4.55. The number of nitrogens with zero attached hydrogens (tertiary/aromatic N) is 2. The largest absolute Gasteiger partial charge is 0.425 e. The zero-order chi connectivity index (χ0) is 18.9.